The number of hydrogen-bond donors (Lipinski definition) is 2. The third kappa shape index (κ3) is 2.93. The normalized spacial score (nSPS) is 26.4. The van der Waals surface area contributed by atoms with Crippen molar-refractivity contribution in [3.05, 3.63) is 24.0 Å². The van der Waals surface area contributed by atoms with Crippen molar-refractivity contribution in [1.82, 2.24) is 25.1 Å². The van der Waals surface area contributed by atoms with E-state index in [0.717, 1.165) is 31.0 Å². The molecular weight excluding hydrogens is 342 g/mol. The van der Waals surface area contributed by atoms with Gasteiger partial charge in [0.05, 0.1) is 5.41 Å². The predicted molar refractivity (Wildman–Crippen MR) is 102 cm³/mol. The average molecular weight is 367 g/mol. The second-order valence-corrected chi connectivity index (χ2v) is 8.48. The topological polar surface area (TPSA) is 90.0 Å². The summed E-state index contributed by atoms with van der Waals surface area (Å²) in [6.45, 7) is 1.61. The first-order valence-electron chi connectivity index (χ1n) is 9.64. The molecule has 8 heteroatoms. The van der Waals surface area contributed by atoms with Gasteiger partial charge >= 0.3 is 0 Å². The molecule has 0 atom stereocenters. The third-order valence-electron chi connectivity index (χ3n) is 5.99. The molecule has 8 nitrogen and oxygen atoms in total. The Hall–Kier alpha value is -2.64. The maximum atomic E-state index is 12.6. The number of fused-ring (bicyclic) bond motifs is 2. The molecule has 142 valence electrons. The first kappa shape index (κ1) is 16.5. The Bertz CT molecular complexity index is 866. The van der Waals surface area contributed by atoms with Crippen LogP contribution in [0.25, 0.3) is 0 Å². The van der Waals surface area contributed by atoms with Gasteiger partial charge in [0.15, 0.2) is 5.82 Å². The molecule has 0 unspecified atom stereocenters. The minimum Gasteiger partial charge on any atom is -0.348 e. The van der Waals surface area contributed by atoms with Crippen LogP contribution in [0.1, 0.15) is 37.3 Å². The molecule has 2 saturated carbocycles. The first-order valence-corrected chi connectivity index (χ1v) is 9.64. The van der Waals surface area contributed by atoms with Gasteiger partial charge in [0.1, 0.15) is 5.82 Å². The van der Waals surface area contributed by atoms with Crippen molar-refractivity contribution in [3.63, 3.8) is 0 Å². The maximum absolute atomic E-state index is 12.6. The van der Waals surface area contributed by atoms with Crippen molar-refractivity contribution >= 4 is 23.5 Å². The van der Waals surface area contributed by atoms with Crippen molar-refractivity contribution in [2.45, 2.75) is 31.6 Å². The summed E-state index contributed by atoms with van der Waals surface area (Å²) in [6, 6.07) is 3.90. The van der Waals surface area contributed by atoms with Crippen LogP contribution in [0.4, 0.5) is 17.6 Å². The van der Waals surface area contributed by atoms with E-state index in [2.05, 4.69) is 36.4 Å². The predicted octanol–water partition coefficient (Wildman–Crippen LogP) is 2.13. The summed E-state index contributed by atoms with van der Waals surface area (Å²) in [5.41, 5.74) is 0.924. The number of anilines is 3. The van der Waals surface area contributed by atoms with Crippen molar-refractivity contribution < 1.29 is 4.79 Å². The molecular formula is C19H25N7O. The van der Waals surface area contributed by atoms with Crippen LogP contribution in [0.15, 0.2) is 18.3 Å². The lowest BCUT2D eigenvalue weighted by Crippen LogP contribution is -2.62. The Morgan fingerprint density at radius 2 is 2.15 bits per heavy atom. The summed E-state index contributed by atoms with van der Waals surface area (Å²) in [5.74, 6) is 3.60. The maximum Gasteiger partial charge on any atom is 0.230 e. The molecule has 27 heavy (non-hydrogen) atoms. The molecule has 4 heterocycles. The number of amides is 1. The van der Waals surface area contributed by atoms with Crippen LogP contribution < -0.4 is 10.2 Å². The van der Waals surface area contributed by atoms with Crippen LogP contribution in [-0.2, 0) is 4.79 Å². The Kier molecular flexibility index (Phi) is 3.63. The van der Waals surface area contributed by atoms with Gasteiger partial charge in [-0.3, -0.25) is 9.89 Å². The highest BCUT2D eigenvalue weighted by atomic mass is 16.2. The van der Waals surface area contributed by atoms with E-state index >= 15 is 0 Å². The largest absolute Gasteiger partial charge is 0.348 e. The monoisotopic (exact) mass is 367 g/mol. The van der Waals surface area contributed by atoms with Crippen LogP contribution in [-0.4, -0.2) is 58.2 Å². The molecule has 2 bridgehead atoms. The molecule has 0 aromatic carbocycles. The fraction of sp³-hybridized carbons (Fsp3) is 0.579. The van der Waals surface area contributed by atoms with Gasteiger partial charge in [-0.15, -0.1) is 0 Å². The lowest BCUT2D eigenvalue weighted by Gasteiger charge is -2.55. The number of carbonyl (C=O) groups is 1. The molecule has 4 fully saturated rings. The van der Waals surface area contributed by atoms with E-state index < -0.39 is 0 Å². The second-order valence-electron chi connectivity index (χ2n) is 8.48. The fourth-order valence-corrected chi connectivity index (χ4v) is 4.62. The van der Waals surface area contributed by atoms with E-state index in [-0.39, 0.29) is 11.3 Å². The van der Waals surface area contributed by atoms with Gasteiger partial charge in [0.25, 0.3) is 0 Å². The standard InChI is InChI=1S/C19H25N7O/c1-25(2)17(27)19-8-12(9-19)10-26(11-19)18-20-6-5-15(22-18)21-16-7-14(23-24-16)13-3-4-13/h5-7,12-13H,3-4,8-11H2,1-2H3,(H2,20,21,22,23,24). The van der Waals surface area contributed by atoms with Gasteiger partial charge in [-0.05, 0) is 37.7 Å². The number of nitrogens with zero attached hydrogens (tertiary/aromatic N) is 5. The Balaban J connectivity index is 1.32. The second kappa shape index (κ2) is 5.94. The SMILES string of the molecule is CN(C)C(=O)C12CC(CN(c3nccc(Nc4cc(C5CC5)[nH]n4)n3)C1)C2. The van der Waals surface area contributed by atoms with Crippen LogP contribution >= 0.6 is 0 Å². The summed E-state index contributed by atoms with van der Waals surface area (Å²) in [4.78, 5) is 25.6. The quantitative estimate of drug-likeness (QED) is 0.841. The zero-order valence-electron chi connectivity index (χ0n) is 15.8. The van der Waals surface area contributed by atoms with Gasteiger partial charge in [0, 0.05) is 51.1 Å². The number of hydrogen-bond acceptors (Lipinski definition) is 6. The van der Waals surface area contributed by atoms with Crippen LogP contribution in [0.2, 0.25) is 0 Å². The van der Waals surface area contributed by atoms with Gasteiger partial charge in [-0.1, -0.05) is 0 Å². The van der Waals surface area contributed by atoms with E-state index in [0.29, 0.717) is 24.3 Å². The molecule has 2 N–H and O–H groups in total. The van der Waals surface area contributed by atoms with Crippen molar-refractivity contribution in [1.29, 1.82) is 0 Å². The summed E-state index contributed by atoms with van der Waals surface area (Å²) < 4.78 is 0. The zero-order chi connectivity index (χ0) is 18.6. The summed E-state index contributed by atoms with van der Waals surface area (Å²) in [7, 11) is 3.67. The first-order chi connectivity index (χ1) is 13.0. The molecule has 4 aliphatic rings. The summed E-state index contributed by atoms with van der Waals surface area (Å²) in [5, 5.41) is 10.7. The molecule has 2 aliphatic carbocycles. The van der Waals surface area contributed by atoms with Gasteiger partial charge < -0.3 is 15.1 Å². The molecule has 0 radical (unpaired) electrons. The number of aromatic nitrogens is 4. The molecule has 2 aliphatic heterocycles. The highest BCUT2D eigenvalue weighted by Crippen LogP contribution is 2.51. The number of piperidine rings is 2. The van der Waals surface area contributed by atoms with Gasteiger partial charge in [0.2, 0.25) is 11.9 Å². The highest BCUT2D eigenvalue weighted by molar-refractivity contribution is 5.84. The van der Waals surface area contributed by atoms with Crippen molar-refractivity contribution in [3.8, 4) is 0 Å². The molecule has 2 aromatic heterocycles. The minimum absolute atomic E-state index is 0.224. The Morgan fingerprint density at radius 1 is 1.33 bits per heavy atom. The van der Waals surface area contributed by atoms with E-state index in [1.54, 1.807) is 11.1 Å². The van der Waals surface area contributed by atoms with Crippen LogP contribution in [0, 0.1) is 11.3 Å². The van der Waals surface area contributed by atoms with E-state index in [1.165, 1.54) is 18.5 Å². The molecule has 2 saturated heterocycles. The summed E-state index contributed by atoms with van der Waals surface area (Å²) in [6.07, 6.45) is 6.21. The Labute approximate surface area is 158 Å². The lowest BCUT2D eigenvalue weighted by molar-refractivity contribution is -0.149. The van der Waals surface area contributed by atoms with E-state index in [4.69, 9.17) is 0 Å². The van der Waals surface area contributed by atoms with E-state index in [9.17, 15) is 4.79 Å². The number of rotatable bonds is 5. The van der Waals surface area contributed by atoms with Crippen molar-refractivity contribution in [2.24, 2.45) is 11.3 Å². The number of carbonyl (C=O) groups excluding carboxylic acids is 1. The lowest BCUT2D eigenvalue weighted by atomic mass is 9.58. The van der Waals surface area contributed by atoms with Crippen LogP contribution in [0.3, 0.4) is 0 Å². The minimum atomic E-state index is -0.263. The van der Waals surface area contributed by atoms with Crippen LogP contribution in [0.5, 0.6) is 0 Å². The molecule has 2 aromatic rings. The Morgan fingerprint density at radius 3 is 2.89 bits per heavy atom. The third-order valence-corrected chi connectivity index (χ3v) is 5.99. The van der Waals surface area contributed by atoms with Gasteiger partial charge in [-0.25, -0.2) is 4.98 Å². The highest BCUT2D eigenvalue weighted by Gasteiger charge is 2.55. The fourth-order valence-electron chi connectivity index (χ4n) is 4.62. The molecule has 1 amide bonds. The smallest absolute Gasteiger partial charge is 0.230 e. The zero-order valence-corrected chi connectivity index (χ0v) is 15.8. The number of H-pyrrole nitrogens is 1. The van der Waals surface area contributed by atoms with E-state index in [1.807, 2.05) is 20.2 Å². The van der Waals surface area contributed by atoms with Gasteiger partial charge in [-0.2, -0.15) is 10.1 Å². The number of nitrogens with one attached hydrogen (secondary N) is 2. The molecule has 6 rings (SSSR count). The van der Waals surface area contributed by atoms with Crippen molar-refractivity contribution in [2.75, 3.05) is 37.4 Å². The molecule has 0 spiro atoms. The number of aromatic amines is 1. The summed E-state index contributed by atoms with van der Waals surface area (Å²) >= 11 is 0. The average Bonchev–Trinajstić information content (AvgIpc) is 3.40.